The summed E-state index contributed by atoms with van der Waals surface area (Å²) in [4.78, 5) is 2.74. The molecule has 0 spiro atoms. The molecular formula is C25H31NO. The highest BCUT2D eigenvalue weighted by molar-refractivity contribution is 5.34. The van der Waals surface area contributed by atoms with Crippen LogP contribution in [0.5, 0.6) is 0 Å². The summed E-state index contributed by atoms with van der Waals surface area (Å²) in [7, 11) is 0. The van der Waals surface area contributed by atoms with Crippen LogP contribution in [0.1, 0.15) is 62.0 Å². The molecule has 1 aliphatic heterocycles. The Balaban J connectivity index is 1.63. The maximum atomic E-state index is 11.7. The number of fused-ring (bicyclic) bond motifs is 3. The Kier molecular flexibility index (Phi) is 4.18. The van der Waals surface area contributed by atoms with Gasteiger partial charge in [-0.2, -0.15) is 0 Å². The first-order chi connectivity index (χ1) is 13.1. The number of hydrogen-bond acceptors (Lipinski definition) is 2. The van der Waals surface area contributed by atoms with Gasteiger partial charge in [0.2, 0.25) is 0 Å². The van der Waals surface area contributed by atoms with Gasteiger partial charge >= 0.3 is 0 Å². The van der Waals surface area contributed by atoms with Crippen LogP contribution in [0.3, 0.4) is 0 Å². The molecule has 0 unspecified atom stereocenters. The Morgan fingerprint density at radius 3 is 1.78 bits per heavy atom. The van der Waals surface area contributed by atoms with E-state index in [1.807, 2.05) is 0 Å². The van der Waals surface area contributed by atoms with Crippen molar-refractivity contribution in [2.24, 2.45) is 5.92 Å². The van der Waals surface area contributed by atoms with E-state index >= 15 is 0 Å². The quantitative estimate of drug-likeness (QED) is 0.836. The lowest BCUT2D eigenvalue weighted by atomic mass is 9.48. The van der Waals surface area contributed by atoms with Crippen molar-refractivity contribution in [1.29, 1.82) is 0 Å². The highest BCUT2D eigenvalue weighted by Gasteiger charge is 2.62. The molecule has 27 heavy (non-hydrogen) atoms. The maximum absolute atomic E-state index is 11.7. The Morgan fingerprint density at radius 2 is 1.30 bits per heavy atom. The van der Waals surface area contributed by atoms with Crippen molar-refractivity contribution < 1.29 is 5.11 Å². The number of hydrogen-bond donors (Lipinski definition) is 1. The lowest BCUT2D eigenvalue weighted by Gasteiger charge is -2.64. The third-order valence-electron chi connectivity index (χ3n) is 7.70. The number of rotatable bonds is 3. The zero-order valence-electron chi connectivity index (χ0n) is 16.3. The molecule has 2 aromatic carbocycles. The summed E-state index contributed by atoms with van der Waals surface area (Å²) < 4.78 is 0. The third kappa shape index (κ3) is 2.85. The van der Waals surface area contributed by atoms with E-state index in [4.69, 9.17) is 0 Å². The molecule has 1 heterocycles. The second-order valence-electron chi connectivity index (χ2n) is 9.42. The molecule has 6 rings (SSSR count). The fourth-order valence-electron chi connectivity index (χ4n) is 6.84. The summed E-state index contributed by atoms with van der Waals surface area (Å²) in [5.41, 5.74) is 2.33. The predicted molar refractivity (Wildman–Crippen MR) is 110 cm³/mol. The molecule has 1 saturated heterocycles. The van der Waals surface area contributed by atoms with Crippen LogP contribution in [0, 0.1) is 5.92 Å². The molecule has 2 bridgehead atoms. The molecule has 1 N–H and O–H groups in total. The molecule has 4 fully saturated rings. The highest BCUT2D eigenvalue weighted by Crippen LogP contribution is 2.63. The fraction of sp³-hybridized carbons (Fsp3) is 0.520. The monoisotopic (exact) mass is 361 g/mol. The normalized spacial score (nSPS) is 39.0. The molecule has 142 valence electrons. The number of nitrogens with zero attached hydrogens (tertiary/aromatic N) is 1. The molecular weight excluding hydrogens is 330 g/mol. The molecule has 3 saturated carbocycles. The first kappa shape index (κ1) is 17.5. The smallest absolute Gasteiger partial charge is 0.0677 e. The van der Waals surface area contributed by atoms with Crippen LogP contribution < -0.4 is 0 Å². The molecule has 2 nitrogen and oxygen atoms in total. The second-order valence-corrected chi connectivity index (χ2v) is 9.42. The summed E-state index contributed by atoms with van der Waals surface area (Å²) in [5.74, 6) is 1.13. The van der Waals surface area contributed by atoms with Gasteiger partial charge in [0.15, 0.2) is 0 Å². The topological polar surface area (TPSA) is 23.5 Å². The van der Waals surface area contributed by atoms with Crippen molar-refractivity contribution >= 4 is 0 Å². The third-order valence-corrected chi connectivity index (χ3v) is 7.70. The average molecular weight is 362 g/mol. The van der Waals surface area contributed by atoms with Gasteiger partial charge in [0.1, 0.15) is 0 Å². The van der Waals surface area contributed by atoms with E-state index in [-0.39, 0.29) is 11.5 Å². The zero-order valence-corrected chi connectivity index (χ0v) is 16.3. The Labute approximate surface area is 163 Å². The lowest BCUT2D eigenvalue weighted by Crippen LogP contribution is -2.65. The van der Waals surface area contributed by atoms with Crippen molar-refractivity contribution in [1.82, 2.24) is 4.90 Å². The van der Waals surface area contributed by atoms with Gasteiger partial charge < -0.3 is 5.11 Å². The SMILES string of the molecule is C[C@]1(O)CC2(N3CCCC3)C[C@@H](c3ccccc3)C1[C@H](c1ccccc1)C2. The standard InChI is InChI=1S/C25H31NO/c1-24(27)18-25(26-14-8-9-15-26)16-21(19-10-4-2-5-11-19)23(24)22(17-25)20-12-6-3-7-13-20/h2-7,10-13,21-23,27H,8-9,14-18H2,1H3/t21-,22-,23?,24-,25?/m0/s1. The summed E-state index contributed by atoms with van der Waals surface area (Å²) in [5, 5.41) is 11.7. The van der Waals surface area contributed by atoms with Crippen molar-refractivity contribution in [3.8, 4) is 0 Å². The summed E-state index contributed by atoms with van der Waals surface area (Å²) in [6, 6.07) is 22.0. The van der Waals surface area contributed by atoms with Crippen molar-refractivity contribution in [3.63, 3.8) is 0 Å². The van der Waals surface area contributed by atoms with Gasteiger partial charge in [-0.15, -0.1) is 0 Å². The Bertz CT molecular complexity index is 729. The van der Waals surface area contributed by atoms with E-state index < -0.39 is 5.60 Å². The summed E-state index contributed by atoms with van der Waals surface area (Å²) in [6.07, 6.45) is 5.93. The van der Waals surface area contributed by atoms with E-state index in [0.29, 0.717) is 11.8 Å². The first-order valence-electron chi connectivity index (χ1n) is 10.7. The van der Waals surface area contributed by atoms with Gasteiger partial charge in [-0.05, 0) is 75.1 Å². The van der Waals surface area contributed by atoms with Crippen molar-refractivity contribution in [2.45, 2.75) is 62.0 Å². The van der Waals surface area contributed by atoms with E-state index in [9.17, 15) is 5.11 Å². The molecule has 3 atom stereocenters. The lowest BCUT2D eigenvalue weighted by molar-refractivity contribution is -0.155. The maximum Gasteiger partial charge on any atom is 0.0677 e. The van der Waals surface area contributed by atoms with Crippen LogP contribution in [0.15, 0.2) is 60.7 Å². The van der Waals surface area contributed by atoms with Crippen LogP contribution in [0.25, 0.3) is 0 Å². The molecule has 0 aromatic heterocycles. The minimum Gasteiger partial charge on any atom is -0.390 e. The van der Waals surface area contributed by atoms with E-state index in [2.05, 4.69) is 72.5 Å². The minimum atomic E-state index is -0.625. The van der Waals surface area contributed by atoms with Crippen LogP contribution in [-0.2, 0) is 0 Å². The molecule has 4 aliphatic rings. The molecule has 2 heteroatoms. The minimum absolute atomic E-state index is 0.135. The molecule has 0 amide bonds. The summed E-state index contributed by atoms with van der Waals surface area (Å²) >= 11 is 0. The summed E-state index contributed by atoms with van der Waals surface area (Å²) in [6.45, 7) is 4.51. The van der Waals surface area contributed by atoms with E-state index in [0.717, 1.165) is 6.42 Å². The predicted octanol–water partition coefficient (Wildman–Crippen LogP) is 4.95. The van der Waals surface area contributed by atoms with Gasteiger partial charge in [-0.1, -0.05) is 60.7 Å². The van der Waals surface area contributed by atoms with Gasteiger partial charge in [0.25, 0.3) is 0 Å². The van der Waals surface area contributed by atoms with Gasteiger partial charge in [0, 0.05) is 11.5 Å². The van der Waals surface area contributed by atoms with E-state index in [1.54, 1.807) is 0 Å². The first-order valence-corrected chi connectivity index (χ1v) is 10.7. The fourth-order valence-corrected chi connectivity index (χ4v) is 6.84. The molecule has 0 radical (unpaired) electrons. The van der Waals surface area contributed by atoms with E-state index in [1.165, 1.54) is 49.9 Å². The highest BCUT2D eigenvalue weighted by atomic mass is 16.3. The van der Waals surface area contributed by atoms with Crippen LogP contribution in [-0.4, -0.2) is 34.2 Å². The Hall–Kier alpha value is -1.64. The van der Waals surface area contributed by atoms with Crippen molar-refractivity contribution in [2.75, 3.05) is 13.1 Å². The number of likely N-dealkylation sites (tertiary alicyclic amines) is 1. The molecule has 3 aliphatic carbocycles. The van der Waals surface area contributed by atoms with Gasteiger partial charge in [-0.25, -0.2) is 0 Å². The van der Waals surface area contributed by atoms with Gasteiger partial charge in [0.05, 0.1) is 5.60 Å². The average Bonchev–Trinajstić information content (AvgIpc) is 3.24. The zero-order chi connectivity index (χ0) is 18.5. The van der Waals surface area contributed by atoms with Crippen LogP contribution >= 0.6 is 0 Å². The largest absolute Gasteiger partial charge is 0.390 e. The van der Waals surface area contributed by atoms with Gasteiger partial charge in [-0.3, -0.25) is 4.90 Å². The number of benzene rings is 2. The Morgan fingerprint density at radius 1 is 0.815 bits per heavy atom. The number of aliphatic hydroxyl groups is 1. The van der Waals surface area contributed by atoms with Crippen molar-refractivity contribution in [3.05, 3.63) is 71.8 Å². The van der Waals surface area contributed by atoms with Crippen LogP contribution in [0.4, 0.5) is 0 Å². The van der Waals surface area contributed by atoms with Crippen LogP contribution in [0.2, 0.25) is 0 Å². The molecule has 2 aromatic rings. The second kappa shape index (κ2) is 6.46.